The molecule has 0 atom stereocenters. The van der Waals surface area contributed by atoms with Crippen LogP contribution in [-0.4, -0.2) is 62.8 Å². The molecule has 4 rings (SSSR count). The lowest BCUT2D eigenvalue weighted by atomic mass is 9.96. The van der Waals surface area contributed by atoms with E-state index in [1.165, 1.54) is 15.6 Å². The molecule has 0 bridgehead atoms. The largest absolute Gasteiger partial charge is 0.368 e. The molecule has 0 spiro atoms. The molecule has 2 fully saturated rings. The van der Waals surface area contributed by atoms with Gasteiger partial charge in [0, 0.05) is 50.9 Å². The summed E-state index contributed by atoms with van der Waals surface area (Å²) < 4.78 is 27.1. The molecule has 0 aromatic heterocycles. The normalized spacial score (nSPS) is 19.1. The van der Waals surface area contributed by atoms with E-state index in [1.54, 1.807) is 24.3 Å². The number of carbonyl (C=O) groups excluding carboxylic acids is 1. The third-order valence-electron chi connectivity index (χ3n) is 6.23. The fourth-order valence-electron chi connectivity index (χ4n) is 4.43. The predicted octanol–water partition coefficient (Wildman–Crippen LogP) is 2.74. The highest BCUT2D eigenvalue weighted by Gasteiger charge is 2.34. The average molecular weight is 428 g/mol. The first-order valence-electron chi connectivity index (χ1n) is 10.6. The second kappa shape index (κ2) is 8.78. The second-order valence-corrected chi connectivity index (χ2v) is 10.0. The van der Waals surface area contributed by atoms with E-state index < -0.39 is 10.0 Å². The highest BCUT2D eigenvalue weighted by Crippen LogP contribution is 2.26. The third kappa shape index (κ3) is 4.23. The number of rotatable bonds is 4. The number of hydrogen-bond donors (Lipinski definition) is 0. The van der Waals surface area contributed by atoms with Gasteiger partial charge in [-0.15, -0.1) is 0 Å². The zero-order valence-electron chi connectivity index (χ0n) is 17.4. The number of nitrogens with zero attached hydrogens (tertiary/aromatic N) is 3. The third-order valence-corrected chi connectivity index (χ3v) is 8.14. The molecule has 2 aromatic carbocycles. The van der Waals surface area contributed by atoms with Gasteiger partial charge in [-0.2, -0.15) is 4.31 Å². The first-order valence-corrected chi connectivity index (χ1v) is 12.1. The predicted molar refractivity (Wildman–Crippen MR) is 118 cm³/mol. The van der Waals surface area contributed by atoms with E-state index >= 15 is 0 Å². The maximum absolute atomic E-state index is 13.0. The van der Waals surface area contributed by atoms with Crippen LogP contribution in [0.3, 0.4) is 0 Å². The molecule has 160 valence electrons. The molecule has 2 aliphatic rings. The Hall–Kier alpha value is -2.38. The second-order valence-electron chi connectivity index (χ2n) is 8.09. The number of aryl methyl sites for hydroxylation is 1. The Morgan fingerprint density at radius 1 is 0.833 bits per heavy atom. The number of carbonyl (C=O) groups is 1. The minimum Gasteiger partial charge on any atom is -0.368 e. The fourth-order valence-corrected chi connectivity index (χ4v) is 5.92. The summed E-state index contributed by atoms with van der Waals surface area (Å²) in [5, 5.41) is 0. The van der Waals surface area contributed by atoms with E-state index in [2.05, 4.69) is 30.0 Å². The average Bonchev–Trinajstić information content (AvgIpc) is 2.80. The van der Waals surface area contributed by atoms with Crippen LogP contribution >= 0.6 is 0 Å². The van der Waals surface area contributed by atoms with Crippen LogP contribution in [0.2, 0.25) is 0 Å². The standard InChI is InChI=1S/C23H29N3O3S/c1-19-7-5-6-10-22(19)24-15-17-25(18-16-24)23(27)20-11-13-26(14-12-20)30(28,29)21-8-3-2-4-9-21/h2-10,20H,11-18H2,1H3. The van der Waals surface area contributed by atoms with E-state index in [4.69, 9.17) is 0 Å². The van der Waals surface area contributed by atoms with Crippen LogP contribution in [0, 0.1) is 12.8 Å². The molecular weight excluding hydrogens is 398 g/mol. The van der Waals surface area contributed by atoms with Gasteiger partial charge >= 0.3 is 0 Å². The van der Waals surface area contributed by atoms with Crippen molar-refractivity contribution in [1.82, 2.24) is 9.21 Å². The monoisotopic (exact) mass is 427 g/mol. The van der Waals surface area contributed by atoms with Crippen molar-refractivity contribution in [2.24, 2.45) is 5.92 Å². The van der Waals surface area contributed by atoms with Crippen LogP contribution in [0.25, 0.3) is 0 Å². The van der Waals surface area contributed by atoms with Gasteiger partial charge in [-0.3, -0.25) is 4.79 Å². The maximum atomic E-state index is 13.0. The maximum Gasteiger partial charge on any atom is 0.243 e. The van der Waals surface area contributed by atoms with Crippen molar-refractivity contribution in [2.75, 3.05) is 44.2 Å². The molecule has 0 saturated carbocycles. The number of sulfonamides is 1. The van der Waals surface area contributed by atoms with Crippen molar-refractivity contribution in [3.63, 3.8) is 0 Å². The lowest BCUT2D eigenvalue weighted by Gasteiger charge is -2.39. The van der Waals surface area contributed by atoms with E-state index in [9.17, 15) is 13.2 Å². The Morgan fingerprint density at radius 3 is 2.07 bits per heavy atom. The SMILES string of the molecule is Cc1ccccc1N1CCN(C(=O)C2CCN(S(=O)(=O)c3ccccc3)CC2)CC1. The molecule has 6 nitrogen and oxygen atoms in total. The van der Waals surface area contributed by atoms with Crippen molar-refractivity contribution in [3.8, 4) is 0 Å². The first kappa shape index (κ1) is 20.9. The Labute approximate surface area is 179 Å². The molecule has 0 radical (unpaired) electrons. The molecule has 2 aromatic rings. The quantitative estimate of drug-likeness (QED) is 0.753. The Morgan fingerprint density at radius 2 is 1.43 bits per heavy atom. The first-order chi connectivity index (χ1) is 14.5. The molecule has 30 heavy (non-hydrogen) atoms. The Balaban J connectivity index is 1.32. The highest BCUT2D eigenvalue weighted by molar-refractivity contribution is 7.89. The summed E-state index contributed by atoms with van der Waals surface area (Å²) in [6.07, 6.45) is 1.17. The zero-order valence-corrected chi connectivity index (χ0v) is 18.2. The number of para-hydroxylation sites is 1. The van der Waals surface area contributed by atoms with Crippen molar-refractivity contribution in [3.05, 3.63) is 60.2 Å². The van der Waals surface area contributed by atoms with Crippen LogP contribution < -0.4 is 4.90 Å². The van der Waals surface area contributed by atoms with Gasteiger partial charge in [0.15, 0.2) is 0 Å². The number of piperazine rings is 1. The summed E-state index contributed by atoms with van der Waals surface area (Å²) >= 11 is 0. The summed E-state index contributed by atoms with van der Waals surface area (Å²) in [5.41, 5.74) is 2.49. The Kier molecular flexibility index (Phi) is 6.11. The molecule has 0 aliphatic carbocycles. The van der Waals surface area contributed by atoms with E-state index in [1.807, 2.05) is 17.0 Å². The lowest BCUT2D eigenvalue weighted by molar-refractivity contribution is -0.137. The molecule has 2 heterocycles. The lowest BCUT2D eigenvalue weighted by Crippen LogP contribution is -2.52. The fraction of sp³-hybridized carbons (Fsp3) is 0.435. The minimum atomic E-state index is -3.48. The molecule has 7 heteroatoms. The molecule has 2 aliphatic heterocycles. The highest BCUT2D eigenvalue weighted by atomic mass is 32.2. The summed E-state index contributed by atoms with van der Waals surface area (Å²) in [6.45, 7) is 6.01. The number of benzene rings is 2. The van der Waals surface area contributed by atoms with Crippen molar-refractivity contribution < 1.29 is 13.2 Å². The van der Waals surface area contributed by atoms with Gasteiger partial charge in [0.05, 0.1) is 4.90 Å². The number of hydrogen-bond acceptors (Lipinski definition) is 4. The molecule has 2 saturated heterocycles. The van der Waals surface area contributed by atoms with Gasteiger partial charge in [0.25, 0.3) is 0 Å². The van der Waals surface area contributed by atoms with Gasteiger partial charge in [-0.05, 0) is 43.5 Å². The van der Waals surface area contributed by atoms with Crippen molar-refractivity contribution in [2.45, 2.75) is 24.7 Å². The smallest absolute Gasteiger partial charge is 0.243 e. The molecular formula is C23H29N3O3S. The summed E-state index contributed by atoms with van der Waals surface area (Å²) in [5.74, 6) is 0.0911. The zero-order chi connectivity index (χ0) is 21.1. The number of piperidine rings is 1. The van der Waals surface area contributed by atoms with Gasteiger partial charge in [-0.1, -0.05) is 36.4 Å². The molecule has 1 amide bonds. The van der Waals surface area contributed by atoms with Crippen LogP contribution in [0.1, 0.15) is 18.4 Å². The van der Waals surface area contributed by atoms with Gasteiger partial charge in [0.1, 0.15) is 0 Å². The van der Waals surface area contributed by atoms with Crippen LogP contribution in [-0.2, 0) is 14.8 Å². The topological polar surface area (TPSA) is 60.9 Å². The summed E-state index contributed by atoms with van der Waals surface area (Å²) in [7, 11) is -3.48. The van der Waals surface area contributed by atoms with E-state index in [-0.39, 0.29) is 11.8 Å². The van der Waals surface area contributed by atoms with Crippen molar-refractivity contribution in [1.29, 1.82) is 0 Å². The number of amides is 1. The van der Waals surface area contributed by atoms with Gasteiger partial charge in [0.2, 0.25) is 15.9 Å². The molecule has 0 unspecified atom stereocenters. The van der Waals surface area contributed by atoms with Gasteiger partial charge < -0.3 is 9.80 Å². The van der Waals surface area contributed by atoms with Crippen LogP contribution in [0.15, 0.2) is 59.5 Å². The van der Waals surface area contributed by atoms with Gasteiger partial charge in [-0.25, -0.2) is 8.42 Å². The van der Waals surface area contributed by atoms with Crippen molar-refractivity contribution >= 4 is 21.6 Å². The van der Waals surface area contributed by atoms with Crippen LogP contribution in [0.5, 0.6) is 0 Å². The minimum absolute atomic E-state index is 0.0859. The van der Waals surface area contributed by atoms with Crippen LogP contribution in [0.4, 0.5) is 5.69 Å². The Bertz CT molecular complexity index is 978. The number of anilines is 1. The van der Waals surface area contributed by atoms with E-state index in [0.717, 1.165) is 26.2 Å². The molecule has 0 N–H and O–H groups in total. The van der Waals surface area contributed by atoms with E-state index in [0.29, 0.717) is 30.8 Å². The summed E-state index contributed by atoms with van der Waals surface area (Å²) in [4.78, 5) is 17.7. The summed E-state index contributed by atoms with van der Waals surface area (Å²) in [6, 6.07) is 16.9.